The molecule has 1 heterocycles. The number of hydrogen-bond donors (Lipinski definition) is 2. The first-order chi connectivity index (χ1) is 7.63. The zero-order valence-electron chi connectivity index (χ0n) is 9.16. The van der Waals surface area contributed by atoms with Gasteiger partial charge >= 0.3 is 0 Å². The molecule has 0 spiro atoms. The van der Waals surface area contributed by atoms with Gasteiger partial charge in [0, 0.05) is 11.3 Å². The minimum absolute atomic E-state index is 0.121. The number of aromatic nitrogens is 2. The Kier molecular flexibility index (Phi) is 2.70. The predicted molar refractivity (Wildman–Crippen MR) is 61.4 cm³/mol. The van der Waals surface area contributed by atoms with Gasteiger partial charge in [-0.15, -0.1) is 0 Å². The van der Waals surface area contributed by atoms with Gasteiger partial charge in [-0.25, -0.2) is 20.2 Å². The molecule has 0 bridgehead atoms. The summed E-state index contributed by atoms with van der Waals surface area (Å²) in [6, 6.07) is 4.72. The van der Waals surface area contributed by atoms with Crippen molar-refractivity contribution in [2.24, 2.45) is 5.84 Å². The smallest absolute Gasteiger partial charge is 0.151 e. The van der Waals surface area contributed by atoms with Crippen LogP contribution in [0.15, 0.2) is 18.2 Å². The van der Waals surface area contributed by atoms with Crippen molar-refractivity contribution >= 4 is 16.7 Å². The number of nitrogens with one attached hydrogen (secondary N) is 1. The molecule has 2 aromatic rings. The lowest BCUT2D eigenvalue weighted by Gasteiger charge is -2.10. The van der Waals surface area contributed by atoms with Crippen LogP contribution in [0.5, 0.6) is 0 Å². The van der Waals surface area contributed by atoms with E-state index in [0.717, 1.165) is 0 Å². The van der Waals surface area contributed by atoms with Gasteiger partial charge in [0.05, 0.1) is 0 Å². The Balaban J connectivity index is 2.79. The number of halogens is 1. The predicted octanol–water partition coefficient (Wildman–Crippen LogP) is 2.18. The van der Waals surface area contributed by atoms with Crippen LogP contribution in [0, 0.1) is 5.82 Å². The SMILES string of the molecule is CC(C)c1nc(NN)c2cccc(F)c2n1. The van der Waals surface area contributed by atoms with Crippen LogP contribution in [-0.4, -0.2) is 9.97 Å². The molecule has 0 aliphatic rings. The molecule has 2 rings (SSSR count). The molecule has 0 fully saturated rings. The van der Waals surface area contributed by atoms with E-state index >= 15 is 0 Å². The molecule has 0 unspecified atom stereocenters. The number of rotatable bonds is 2. The van der Waals surface area contributed by atoms with Gasteiger partial charge < -0.3 is 5.43 Å². The molecular weight excluding hydrogens is 207 g/mol. The summed E-state index contributed by atoms with van der Waals surface area (Å²) in [4.78, 5) is 8.45. The van der Waals surface area contributed by atoms with E-state index in [1.54, 1.807) is 12.1 Å². The molecule has 0 radical (unpaired) electrons. The number of para-hydroxylation sites is 1. The van der Waals surface area contributed by atoms with Crippen molar-refractivity contribution in [2.45, 2.75) is 19.8 Å². The van der Waals surface area contributed by atoms with Gasteiger partial charge in [0.25, 0.3) is 0 Å². The first-order valence-electron chi connectivity index (χ1n) is 5.06. The van der Waals surface area contributed by atoms with Crippen LogP contribution in [0.1, 0.15) is 25.6 Å². The van der Waals surface area contributed by atoms with Crippen molar-refractivity contribution in [1.29, 1.82) is 0 Å². The molecule has 84 valence electrons. The average Bonchev–Trinajstić information content (AvgIpc) is 2.28. The number of nitrogen functional groups attached to an aromatic ring is 1. The third kappa shape index (κ3) is 1.69. The summed E-state index contributed by atoms with van der Waals surface area (Å²) in [5.74, 6) is 6.16. The fourth-order valence-corrected chi connectivity index (χ4v) is 1.50. The average molecular weight is 220 g/mol. The van der Waals surface area contributed by atoms with Crippen molar-refractivity contribution in [3.8, 4) is 0 Å². The Morgan fingerprint density at radius 1 is 1.31 bits per heavy atom. The topological polar surface area (TPSA) is 63.8 Å². The molecule has 0 aliphatic carbocycles. The molecule has 0 amide bonds. The maximum atomic E-state index is 13.6. The van der Waals surface area contributed by atoms with Gasteiger partial charge in [0.2, 0.25) is 0 Å². The van der Waals surface area contributed by atoms with E-state index in [1.807, 2.05) is 13.8 Å². The van der Waals surface area contributed by atoms with Crippen molar-refractivity contribution in [3.05, 3.63) is 29.8 Å². The Morgan fingerprint density at radius 3 is 2.69 bits per heavy atom. The van der Waals surface area contributed by atoms with Crippen LogP contribution in [0.4, 0.5) is 10.2 Å². The molecule has 4 nitrogen and oxygen atoms in total. The highest BCUT2D eigenvalue weighted by Crippen LogP contribution is 2.24. The van der Waals surface area contributed by atoms with Crippen LogP contribution in [0.3, 0.4) is 0 Å². The lowest BCUT2D eigenvalue weighted by atomic mass is 10.1. The first-order valence-corrected chi connectivity index (χ1v) is 5.06. The summed E-state index contributed by atoms with van der Waals surface area (Å²) in [5, 5.41) is 0.590. The maximum Gasteiger partial charge on any atom is 0.151 e. The quantitative estimate of drug-likeness (QED) is 0.601. The number of nitrogens with zero attached hydrogens (tertiary/aromatic N) is 2. The number of nitrogens with two attached hydrogens (primary N) is 1. The lowest BCUT2D eigenvalue weighted by molar-refractivity contribution is 0.634. The number of hydrazine groups is 1. The minimum atomic E-state index is -0.363. The molecule has 1 aromatic heterocycles. The monoisotopic (exact) mass is 220 g/mol. The molecule has 16 heavy (non-hydrogen) atoms. The molecule has 1 aromatic carbocycles. The summed E-state index contributed by atoms with van der Waals surface area (Å²) >= 11 is 0. The highest BCUT2D eigenvalue weighted by Gasteiger charge is 2.11. The Hall–Kier alpha value is -1.75. The highest BCUT2D eigenvalue weighted by molar-refractivity contribution is 5.89. The van der Waals surface area contributed by atoms with Gasteiger partial charge in [-0.2, -0.15) is 0 Å². The molecule has 0 saturated carbocycles. The van der Waals surface area contributed by atoms with Crippen molar-refractivity contribution < 1.29 is 4.39 Å². The van der Waals surface area contributed by atoms with Crippen LogP contribution >= 0.6 is 0 Å². The van der Waals surface area contributed by atoms with E-state index in [9.17, 15) is 4.39 Å². The maximum absolute atomic E-state index is 13.6. The molecule has 0 saturated heterocycles. The zero-order chi connectivity index (χ0) is 11.7. The van der Waals surface area contributed by atoms with Crippen molar-refractivity contribution in [3.63, 3.8) is 0 Å². The minimum Gasteiger partial charge on any atom is -0.308 e. The molecule has 0 aliphatic heterocycles. The Labute approximate surface area is 92.7 Å². The van der Waals surface area contributed by atoms with Crippen LogP contribution in [-0.2, 0) is 0 Å². The van der Waals surface area contributed by atoms with Crippen molar-refractivity contribution in [2.75, 3.05) is 5.43 Å². The van der Waals surface area contributed by atoms with Gasteiger partial charge in [0.15, 0.2) is 5.82 Å². The van der Waals surface area contributed by atoms with E-state index in [4.69, 9.17) is 5.84 Å². The van der Waals surface area contributed by atoms with E-state index < -0.39 is 0 Å². The second kappa shape index (κ2) is 4.02. The van der Waals surface area contributed by atoms with E-state index in [-0.39, 0.29) is 11.7 Å². The van der Waals surface area contributed by atoms with Crippen LogP contribution in [0.25, 0.3) is 10.9 Å². The fraction of sp³-hybridized carbons (Fsp3) is 0.273. The van der Waals surface area contributed by atoms with E-state index in [1.165, 1.54) is 6.07 Å². The highest BCUT2D eigenvalue weighted by atomic mass is 19.1. The largest absolute Gasteiger partial charge is 0.308 e. The third-order valence-electron chi connectivity index (χ3n) is 2.35. The summed E-state index contributed by atoms with van der Waals surface area (Å²) in [5.41, 5.74) is 2.77. The molecular formula is C11H13FN4. The lowest BCUT2D eigenvalue weighted by Crippen LogP contribution is -2.12. The van der Waals surface area contributed by atoms with E-state index in [2.05, 4.69) is 15.4 Å². The molecule has 0 atom stereocenters. The number of anilines is 1. The number of hydrogen-bond acceptors (Lipinski definition) is 4. The zero-order valence-corrected chi connectivity index (χ0v) is 9.16. The van der Waals surface area contributed by atoms with Gasteiger partial charge in [0.1, 0.15) is 17.2 Å². The third-order valence-corrected chi connectivity index (χ3v) is 2.35. The van der Waals surface area contributed by atoms with Crippen LogP contribution in [0.2, 0.25) is 0 Å². The number of fused-ring (bicyclic) bond motifs is 1. The Morgan fingerprint density at radius 2 is 2.06 bits per heavy atom. The normalized spacial score (nSPS) is 11.1. The van der Waals surface area contributed by atoms with E-state index in [0.29, 0.717) is 22.5 Å². The molecule has 3 N–H and O–H groups in total. The summed E-state index contributed by atoms with van der Waals surface area (Å²) in [6.45, 7) is 3.89. The van der Waals surface area contributed by atoms with Gasteiger partial charge in [-0.3, -0.25) is 0 Å². The van der Waals surface area contributed by atoms with Crippen LogP contribution < -0.4 is 11.3 Å². The van der Waals surface area contributed by atoms with Gasteiger partial charge in [-0.05, 0) is 12.1 Å². The van der Waals surface area contributed by atoms with Gasteiger partial charge in [-0.1, -0.05) is 19.9 Å². The Bertz CT molecular complexity index is 525. The fourth-order valence-electron chi connectivity index (χ4n) is 1.50. The second-order valence-corrected chi connectivity index (χ2v) is 3.87. The van der Waals surface area contributed by atoms with Crippen molar-refractivity contribution in [1.82, 2.24) is 9.97 Å². The molecule has 5 heteroatoms. The summed E-state index contributed by atoms with van der Waals surface area (Å²) < 4.78 is 13.6. The summed E-state index contributed by atoms with van der Waals surface area (Å²) in [6.07, 6.45) is 0. The first kappa shape index (κ1) is 10.8. The summed E-state index contributed by atoms with van der Waals surface area (Å²) in [7, 11) is 0. The number of benzene rings is 1. The second-order valence-electron chi connectivity index (χ2n) is 3.87. The standard InChI is InChI=1S/C11H13FN4/c1-6(2)10-14-9-7(11(15-10)16-13)4-3-5-8(9)12/h3-6H,13H2,1-2H3,(H,14,15,16).